The number of carbonyl (C=O) groups excluding carboxylic acids is 1. The number of amides is 1. The average Bonchev–Trinajstić information content (AvgIpc) is 2.10. The molecule has 0 spiro atoms. The fraction of sp³-hybridized carbons (Fsp3) is 0.833. The maximum absolute atomic E-state index is 11.1. The standard InChI is InChI=1S/C6H13N5O4S/c1-5(2)15-6(12)10-16(13,14)9-4-3-8-11-7/h5,9H,3-4H2,1-2H3,(H,10,12). The number of ether oxygens (including phenoxy) is 1. The Morgan fingerprint density at radius 1 is 1.56 bits per heavy atom. The van der Waals surface area contributed by atoms with Gasteiger partial charge >= 0.3 is 16.3 Å². The zero-order valence-electron chi connectivity index (χ0n) is 8.87. The van der Waals surface area contributed by atoms with E-state index in [1.165, 1.54) is 0 Å². The van der Waals surface area contributed by atoms with Gasteiger partial charge in [0.15, 0.2) is 0 Å². The number of nitrogens with one attached hydrogen (secondary N) is 2. The Bertz CT molecular complexity index is 372. The van der Waals surface area contributed by atoms with Gasteiger partial charge in [-0.15, -0.1) is 0 Å². The third-order valence-corrected chi connectivity index (χ3v) is 2.15. The minimum absolute atomic E-state index is 0.0450. The average molecular weight is 251 g/mol. The van der Waals surface area contributed by atoms with E-state index in [-0.39, 0.29) is 13.1 Å². The summed E-state index contributed by atoms with van der Waals surface area (Å²) in [4.78, 5) is 13.4. The molecule has 0 radical (unpaired) electrons. The number of hydrogen-bond donors (Lipinski definition) is 2. The smallest absolute Gasteiger partial charge is 0.422 e. The lowest BCUT2D eigenvalue weighted by Crippen LogP contribution is -2.42. The molecule has 0 heterocycles. The molecular formula is C6H13N5O4S. The largest absolute Gasteiger partial charge is 0.446 e. The Labute approximate surface area is 93.0 Å². The van der Waals surface area contributed by atoms with Crippen molar-refractivity contribution in [3.63, 3.8) is 0 Å². The summed E-state index contributed by atoms with van der Waals surface area (Å²) in [7, 11) is -3.96. The third-order valence-electron chi connectivity index (χ3n) is 1.13. The van der Waals surface area contributed by atoms with Crippen molar-refractivity contribution in [3.8, 4) is 0 Å². The molecule has 0 saturated carbocycles. The van der Waals surface area contributed by atoms with E-state index in [0.717, 1.165) is 0 Å². The molecule has 0 bridgehead atoms. The van der Waals surface area contributed by atoms with Crippen LogP contribution in [-0.2, 0) is 14.9 Å². The molecule has 2 N–H and O–H groups in total. The van der Waals surface area contributed by atoms with E-state index in [9.17, 15) is 13.2 Å². The number of carbonyl (C=O) groups is 1. The van der Waals surface area contributed by atoms with Crippen LogP contribution in [-0.4, -0.2) is 33.7 Å². The Balaban J connectivity index is 4.04. The highest BCUT2D eigenvalue weighted by molar-refractivity contribution is 7.88. The van der Waals surface area contributed by atoms with Gasteiger partial charge in [0, 0.05) is 18.0 Å². The van der Waals surface area contributed by atoms with E-state index in [2.05, 4.69) is 14.8 Å². The molecule has 0 aromatic carbocycles. The van der Waals surface area contributed by atoms with Crippen LogP contribution in [0.3, 0.4) is 0 Å². The van der Waals surface area contributed by atoms with Gasteiger partial charge in [-0.2, -0.15) is 13.1 Å². The molecule has 0 aromatic heterocycles. The van der Waals surface area contributed by atoms with Crippen LogP contribution in [0.15, 0.2) is 5.11 Å². The van der Waals surface area contributed by atoms with Gasteiger partial charge in [-0.1, -0.05) is 5.11 Å². The second-order valence-electron chi connectivity index (χ2n) is 2.91. The fourth-order valence-electron chi connectivity index (χ4n) is 0.659. The van der Waals surface area contributed by atoms with Crippen LogP contribution in [0.2, 0.25) is 0 Å². The van der Waals surface area contributed by atoms with Crippen molar-refractivity contribution in [2.45, 2.75) is 20.0 Å². The number of hydrogen-bond acceptors (Lipinski definition) is 5. The van der Waals surface area contributed by atoms with Crippen LogP contribution in [0, 0.1) is 0 Å². The molecule has 0 unspecified atom stereocenters. The van der Waals surface area contributed by atoms with E-state index in [1.54, 1.807) is 18.6 Å². The van der Waals surface area contributed by atoms with E-state index >= 15 is 0 Å². The van der Waals surface area contributed by atoms with Crippen LogP contribution in [0.4, 0.5) is 4.79 Å². The highest BCUT2D eigenvalue weighted by Crippen LogP contribution is 1.89. The minimum Gasteiger partial charge on any atom is -0.446 e. The van der Waals surface area contributed by atoms with Gasteiger partial charge in [-0.05, 0) is 19.4 Å². The Morgan fingerprint density at radius 2 is 2.19 bits per heavy atom. The first-order chi connectivity index (χ1) is 7.37. The number of rotatable bonds is 6. The van der Waals surface area contributed by atoms with E-state index in [4.69, 9.17) is 5.53 Å². The summed E-state index contributed by atoms with van der Waals surface area (Å²) in [6.45, 7) is 3.02. The summed E-state index contributed by atoms with van der Waals surface area (Å²) in [6, 6.07) is 0. The summed E-state index contributed by atoms with van der Waals surface area (Å²) in [5, 5.41) is 3.11. The third kappa shape index (κ3) is 7.85. The lowest BCUT2D eigenvalue weighted by molar-refractivity contribution is 0.121. The van der Waals surface area contributed by atoms with Crippen molar-refractivity contribution in [2.75, 3.05) is 13.1 Å². The van der Waals surface area contributed by atoms with Crippen LogP contribution < -0.4 is 9.44 Å². The van der Waals surface area contributed by atoms with Crippen molar-refractivity contribution >= 4 is 16.3 Å². The lowest BCUT2D eigenvalue weighted by atomic mass is 10.5. The summed E-state index contributed by atoms with van der Waals surface area (Å²) in [5.41, 5.74) is 7.93. The molecule has 1 amide bonds. The van der Waals surface area contributed by atoms with E-state index in [0.29, 0.717) is 0 Å². The second kappa shape index (κ2) is 6.88. The summed E-state index contributed by atoms with van der Waals surface area (Å²) >= 11 is 0. The maximum atomic E-state index is 11.1. The second-order valence-corrected chi connectivity index (χ2v) is 4.41. The molecule has 0 aliphatic carbocycles. The lowest BCUT2D eigenvalue weighted by Gasteiger charge is -2.10. The molecule has 92 valence electrons. The quantitative estimate of drug-likeness (QED) is 0.303. The van der Waals surface area contributed by atoms with Crippen molar-refractivity contribution in [3.05, 3.63) is 10.4 Å². The monoisotopic (exact) mass is 251 g/mol. The normalized spacial score (nSPS) is 10.7. The molecule has 0 fully saturated rings. The fourth-order valence-corrected chi connectivity index (χ4v) is 1.36. The predicted molar refractivity (Wildman–Crippen MR) is 55.7 cm³/mol. The Morgan fingerprint density at radius 3 is 2.69 bits per heavy atom. The zero-order valence-corrected chi connectivity index (χ0v) is 9.69. The molecule has 0 aliphatic heterocycles. The van der Waals surface area contributed by atoms with Crippen LogP contribution >= 0.6 is 0 Å². The molecule has 0 aliphatic rings. The van der Waals surface area contributed by atoms with Crippen LogP contribution in [0.5, 0.6) is 0 Å². The van der Waals surface area contributed by atoms with Gasteiger partial charge in [0.2, 0.25) is 0 Å². The van der Waals surface area contributed by atoms with Crippen molar-refractivity contribution in [1.29, 1.82) is 0 Å². The molecule has 0 aromatic rings. The highest BCUT2D eigenvalue weighted by Gasteiger charge is 2.14. The molecule has 0 saturated heterocycles. The van der Waals surface area contributed by atoms with Gasteiger partial charge in [-0.25, -0.2) is 9.52 Å². The zero-order chi connectivity index (χ0) is 12.6. The predicted octanol–water partition coefficient (Wildman–Crippen LogP) is 0.266. The van der Waals surface area contributed by atoms with Crippen molar-refractivity contribution in [2.24, 2.45) is 5.11 Å². The first-order valence-electron chi connectivity index (χ1n) is 4.36. The van der Waals surface area contributed by atoms with Crippen LogP contribution in [0.1, 0.15) is 13.8 Å². The van der Waals surface area contributed by atoms with Crippen molar-refractivity contribution < 1.29 is 17.9 Å². The first kappa shape index (κ1) is 14.5. The van der Waals surface area contributed by atoms with Crippen molar-refractivity contribution in [1.82, 2.24) is 9.44 Å². The molecule has 0 rings (SSSR count). The van der Waals surface area contributed by atoms with Gasteiger partial charge in [-0.3, -0.25) is 0 Å². The number of nitrogens with zero attached hydrogens (tertiary/aromatic N) is 3. The van der Waals surface area contributed by atoms with Crippen LogP contribution in [0.25, 0.3) is 10.4 Å². The molecule has 9 nitrogen and oxygen atoms in total. The molecular weight excluding hydrogens is 238 g/mol. The first-order valence-corrected chi connectivity index (χ1v) is 5.84. The van der Waals surface area contributed by atoms with Gasteiger partial charge < -0.3 is 4.74 Å². The van der Waals surface area contributed by atoms with Gasteiger partial charge in [0.1, 0.15) is 0 Å². The Kier molecular flexibility index (Phi) is 6.23. The summed E-state index contributed by atoms with van der Waals surface area (Å²) < 4.78 is 30.4. The van der Waals surface area contributed by atoms with Gasteiger partial charge in [0.05, 0.1) is 6.10 Å². The van der Waals surface area contributed by atoms with Gasteiger partial charge in [0.25, 0.3) is 0 Å². The highest BCUT2D eigenvalue weighted by atomic mass is 32.2. The molecule has 0 atom stereocenters. The Hall–Kier alpha value is -1.51. The topological polar surface area (TPSA) is 133 Å². The summed E-state index contributed by atoms with van der Waals surface area (Å²) in [6.07, 6.45) is -1.48. The maximum Gasteiger partial charge on any atom is 0.422 e. The minimum atomic E-state index is -3.96. The molecule has 10 heteroatoms. The number of azide groups is 1. The molecule has 16 heavy (non-hydrogen) atoms. The van der Waals surface area contributed by atoms with E-state index < -0.39 is 22.4 Å². The van der Waals surface area contributed by atoms with E-state index in [1.807, 2.05) is 4.72 Å². The SMILES string of the molecule is CC(C)OC(=O)NS(=O)(=O)NCCN=[N+]=[N-]. The summed E-state index contributed by atoms with van der Waals surface area (Å²) in [5.74, 6) is 0.